The van der Waals surface area contributed by atoms with E-state index < -0.39 is 5.41 Å². The standard InChI is InChI=1S/C37H46N6O4/c1-4-37(15-18-42(19-16-37)26(3)44)36(47)43(24-29-11-7-6-10-28(29)23-38-5-2)25-34(45)40-32-14-13-27-20-31(21-30(27)22-32)35(46)41-33-12-8-9-17-39-33/h6-14,17,22,31,38H,4-5,15-16,18-21,23-25H2,1-3H3,(H,40,45)(H,39,41,46)/t31-/m1/s1. The van der Waals surface area contributed by atoms with Crippen LogP contribution >= 0.6 is 0 Å². The van der Waals surface area contributed by atoms with E-state index >= 15 is 0 Å². The lowest BCUT2D eigenvalue weighted by Crippen LogP contribution is -2.52. The molecule has 1 aliphatic carbocycles. The quantitative estimate of drug-likeness (QED) is 0.268. The number of piperidine rings is 1. The number of fused-ring (bicyclic) bond motifs is 1. The molecule has 0 spiro atoms. The summed E-state index contributed by atoms with van der Waals surface area (Å²) in [4.78, 5) is 60.7. The van der Waals surface area contributed by atoms with Gasteiger partial charge in [0.25, 0.3) is 0 Å². The molecule has 1 aromatic heterocycles. The number of benzene rings is 2. The van der Waals surface area contributed by atoms with E-state index in [2.05, 4.69) is 33.9 Å². The van der Waals surface area contributed by atoms with Crippen LogP contribution in [0.25, 0.3) is 0 Å². The van der Waals surface area contributed by atoms with Crippen molar-refractivity contribution in [1.29, 1.82) is 0 Å². The van der Waals surface area contributed by atoms with Crippen LogP contribution in [0.15, 0.2) is 66.9 Å². The summed E-state index contributed by atoms with van der Waals surface area (Å²) in [5.41, 5.74) is 4.19. The van der Waals surface area contributed by atoms with E-state index in [0.717, 1.165) is 28.8 Å². The first-order valence-electron chi connectivity index (χ1n) is 16.7. The summed E-state index contributed by atoms with van der Waals surface area (Å²) in [5, 5.41) is 9.29. The molecule has 4 amide bonds. The Labute approximate surface area is 277 Å². The van der Waals surface area contributed by atoms with Crippen molar-refractivity contribution in [3.8, 4) is 0 Å². The fraction of sp³-hybridized carbons (Fsp3) is 0.432. The molecule has 0 saturated carbocycles. The summed E-state index contributed by atoms with van der Waals surface area (Å²) < 4.78 is 0. The number of hydrogen-bond donors (Lipinski definition) is 3. The molecule has 0 unspecified atom stereocenters. The monoisotopic (exact) mass is 638 g/mol. The third-order valence-corrected chi connectivity index (χ3v) is 9.67. The summed E-state index contributed by atoms with van der Waals surface area (Å²) >= 11 is 0. The van der Waals surface area contributed by atoms with Crippen LogP contribution in [0.4, 0.5) is 11.5 Å². The van der Waals surface area contributed by atoms with Gasteiger partial charge in [0.05, 0.1) is 5.41 Å². The van der Waals surface area contributed by atoms with Crippen LogP contribution in [0.2, 0.25) is 0 Å². The number of pyridine rings is 1. The first kappa shape index (κ1) is 33.8. The van der Waals surface area contributed by atoms with Crippen molar-refractivity contribution < 1.29 is 19.2 Å². The van der Waals surface area contributed by atoms with E-state index in [1.807, 2.05) is 49.4 Å². The number of nitrogens with one attached hydrogen (secondary N) is 3. The van der Waals surface area contributed by atoms with Gasteiger partial charge in [0.15, 0.2) is 0 Å². The Morgan fingerprint density at radius 3 is 2.32 bits per heavy atom. The fourth-order valence-corrected chi connectivity index (χ4v) is 6.77. The summed E-state index contributed by atoms with van der Waals surface area (Å²) in [6, 6.07) is 19.2. The van der Waals surface area contributed by atoms with E-state index in [0.29, 0.717) is 69.8 Å². The number of anilines is 2. The Morgan fingerprint density at radius 1 is 0.915 bits per heavy atom. The molecule has 2 aromatic carbocycles. The van der Waals surface area contributed by atoms with E-state index in [9.17, 15) is 19.2 Å². The normalized spacial score (nSPS) is 16.7. The van der Waals surface area contributed by atoms with Gasteiger partial charge in [-0.05, 0) is 85.2 Å². The molecule has 10 nitrogen and oxygen atoms in total. The lowest BCUT2D eigenvalue weighted by molar-refractivity contribution is -0.150. The highest BCUT2D eigenvalue weighted by Gasteiger charge is 2.43. The number of carbonyl (C=O) groups is 4. The first-order chi connectivity index (χ1) is 22.7. The second-order valence-corrected chi connectivity index (χ2v) is 12.7. The van der Waals surface area contributed by atoms with Gasteiger partial charge in [-0.15, -0.1) is 0 Å². The van der Waals surface area contributed by atoms with Crippen LogP contribution in [-0.4, -0.2) is 64.6 Å². The number of aromatic nitrogens is 1. The highest BCUT2D eigenvalue weighted by molar-refractivity contribution is 5.96. The van der Waals surface area contributed by atoms with Crippen LogP contribution < -0.4 is 16.0 Å². The molecule has 5 rings (SSSR count). The summed E-state index contributed by atoms with van der Waals surface area (Å²) in [6.07, 6.45) is 4.61. The lowest BCUT2D eigenvalue weighted by Gasteiger charge is -2.42. The zero-order valence-electron chi connectivity index (χ0n) is 27.7. The SMILES string of the molecule is CCNCc1ccccc1CN(CC(=O)Nc1ccc2c(c1)C[C@H](C(=O)Nc1ccccn1)C2)C(=O)C1(CC)CCN(C(C)=O)CC1. The Bertz CT molecular complexity index is 1580. The van der Waals surface area contributed by atoms with Gasteiger partial charge in [-0.25, -0.2) is 4.98 Å². The molecular weight excluding hydrogens is 592 g/mol. The van der Waals surface area contributed by atoms with Gasteiger partial charge < -0.3 is 25.8 Å². The molecule has 10 heteroatoms. The Hall–Kier alpha value is -4.57. The van der Waals surface area contributed by atoms with Crippen LogP contribution in [-0.2, 0) is 45.1 Å². The second-order valence-electron chi connectivity index (χ2n) is 12.7. The number of hydrogen-bond acceptors (Lipinski definition) is 6. The Balaban J connectivity index is 1.30. The lowest BCUT2D eigenvalue weighted by atomic mass is 9.74. The first-order valence-corrected chi connectivity index (χ1v) is 16.7. The number of rotatable bonds is 12. The maximum absolute atomic E-state index is 14.4. The molecule has 2 aliphatic rings. The maximum atomic E-state index is 14.4. The molecule has 47 heavy (non-hydrogen) atoms. The van der Waals surface area contributed by atoms with Crippen molar-refractivity contribution in [1.82, 2.24) is 20.1 Å². The number of amides is 4. The minimum Gasteiger partial charge on any atom is -0.343 e. The van der Waals surface area contributed by atoms with Gasteiger partial charge in [0.2, 0.25) is 23.6 Å². The molecule has 3 aromatic rings. The van der Waals surface area contributed by atoms with E-state index in [1.54, 1.807) is 35.1 Å². The number of carbonyl (C=O) groups excluding carboxylic acids is 4. The molecule has 248 valence electrons. The van der Waals surface area contributed by atoms with E-state index in [1.165, 1.54) is 0 Å². The zero-order valence-corrected chi connectivity index (χ0v) is 27.7. The fourth-order valence-electron chi connectivity index (χ4n) is 6.77. The van der Waals surface area contributed by atoms with Crippen LogP contribution in [0.1, 0.15) is 62.3 Å². The van der Waals surface area contributed by atoms with Crippen LogP contribution in [0.5, 0.6) is 0 Å². The molecule has 1 saturated heterocycles. The topological polar surface area (TPSA) is 124 Å². The molecule has 1 fully saturated rings. The Kier molecular flexibility index (Phi) is 11.0. The van der Waals surface area contributed by atoms with Crippen LogP contribution in [0, 0.1) is 11.3 Å². The third kappa shape index (κ3) is 8.24. The predicted octanol–water partition coefficient (Wildman–Crippen LogP) is 4.55. The average Bonchev–Trinajstić information content (AvgIpc) is 3.51. The van der Waals surface area contributed by atoms with E-state index in [4.69, 9.17) is 0 Å². The highest BCUT2D eigenvalue weighted by Crippen LogP contribution is 2.38. The maximum Gasteiger partial charge on any atom is 0.244 e. The Morgan fingerprint density at radius 2 is 1.64 bits per heavy atom. The van der Waals surface area contributed by atoms with Crippen molar-refractivity contribution in [3.05, 3.63) is 89.1 Å². The zero-order chi connectivity index (χ0) is 33.4. The highest BCUT2D eigenvalue weighted by atomic mass is 16.2. The van der Waals surface area contributed by atoms with Gasteiger partial charge in [-0.1, -0.05) is 50.2 Å². The van der Waals surface area contributed by atoms with Crippen molar-refractivity contribution in [2.45, 2.75) is 66.0 Å². The average molecular weight is 639 g/mol. The molecule has 0 bridgehead atoms. The van der Waals surface area contributed by atoms with Crippen molar-refractivity contribution in [3.63, 3.8) is 0 Å². The molecular formula is C37H46N6O4. The van der Waals surface area contributed by atoms with Gasteiger partial charge >= 0.3 is 0 Å². The van der Waals surface area contributed by atoms with Gasteiger partial charge in [-0.3, -0.25) is 19.2 Å². The minimum absolute atomic E-state index is 0.0187. The van der Waals surface area contributed by atoms with Crippen molar-refractivity contribution >= 4 is 35.1 Å². The predicted molar refractivity (Wildman–Crippen MR) is 182 cm³/mol. The number of nitrogens with zero attached hydrogens (tertiary/aromatic N) is 3. The molecule has 1 aliphatic heterocycles. The van der Waals surface area contributed by atoms with Gasteiger partial charge in [-0.2, -0.15) is 0 Å². The molecule has 3 N–H and O–H groups in total. The molecule has 1 atom stereocenters. The number of likely N-dealkylation sites (tertiary alicyclic amines) is 1. The largest absolute Gasteiger partial charge is 0.343 e. The smallest absolute Gasteiger partial charge is 0.244 e. The minimum atomic E-state index is -0.638. The van der Waals surface area contributed by atoms with Crippen LogP contribution in [0.3, 0.4) is 0 Å². The van der Waals surface area contributed by atoms with Gasteiger partial charge in [0, 0.05) is 50.9 Å². The third-order valence-electron chi connectivity index (χ3n) is 9.67. The van der Waals surface area contributed by atoms with Gasteiger partial charge in [0.1, 0.15) is 12.4 Å². The molecule has 0 radical (unpaired) electrons. The van der Waals surface area contributed by atoms with E-state index in [-0.39, 0.29) is 36.1 Å². The summed E-state index contributed by atoms with van der Waals surface area (Å²) in [5.74, 6) is -0.0741. The second kappa shape index (κ2) is 15.3. The molecule has 2 heterocycles. The van der Waals surface area contributed by atoms with Crippen molar-refractivity contribution in [2.75, 3.05) is 36.8 Å². The summed E-state index contributed by atoms with van der Waals surface area (Å²) in [7, 11) is 0. The van der Waals surface area contributed by atoms with Crippen molar-refractivity contribution in [2.24, 2.45) is 11.3 Å². The summed E-state index contributed by atoms with van der Waals surface area (Å²) in [6.45, 7) is 8.40.